The fraction of sp³-hybridized carbons (Fsp3) is 0.294. The topological polar surface area (TPSA) is 89.8 Å². The Kier molecular flexibility index (Phi) is 9.62. The van der Waals surface area contributed by atoms with Crippen molar-refractivity contribution in [2.24, 2.45) is 0 Å². The number of aliphatic hydroxyl groups is 1. The number of carbonyl (C=O) groups is 1. The molecule has 0 saturated carbocycles. The molecule has 41 heavy (non-hydrogen) atoms. The van der Waals surface area contributed by atoms with Crippen LogP contribution < -0.4 is 15.6 Å². The van der Waals surface area contributed by atoms with E-state index in [0.717, 1.165) is 60.1 Å². The molecule has 2 N–H and O–H groups in total. The molecule has 1 amide bonds. The van der Waals surface area contributed by atoms with Gasteiger partial charge >= 0.3 is 0 Å². The van der Waals surface area contributed by atoms with Crippen LogP contribution in [0.15, 0.2) is 95.9 Å². The average molecular weight is 553 g/mol. The summed E-state index contributed by atoms with van der Waals surface area (Å²) in [6, 6.07) is 26.8. The SMILES string of the molecule is O=C(Nc1ccc(-c2ccccc2)cc1)c1cccn(C2CCc3c(OCCCCCOCCO)cccc32)c1=O. The van der Waals surface area contributed by atoms with Crippen molar-refractivity contribution in [2.45, 2.75) is 38.1 Å². The fourth-order valence-electron chi connectivity index (χ4n) is 5.36. The van der Waals surface area contributed by atoms with Gasteiger partial charge in [-0.1, -0.05) is 54.6 Å². The number of ether oxygens (including phenoxy) is 2. The van der Waals surface area contributed by atoms with Gasteiger partial charge in [-0.25, -0.2) is 0 Å². The smallest absolute Gasteiger partial charge is 0.263 e. The van der Waals surface area contributed by atoms with E-state index >= 15 is 0 Å². The minimum atomic E-state index is -0.422. The number of anilines is 1. The Hall–Kier alpha value is -4.20. The van der Waals surface area contributed by atoms with Gasteiger partial charge in [0, 0.05) is 18.5 Å². The predicted molar refractivity (Wildman–Crippen MR) is 161 cm³/mol. The second kappa shape index (κ2) is 13.9. The molecule has 1 aliphatic rings. The molecular formula is C34H36N2O5. The van der Waals surface area contributed by atoms with Gasteiger partial charge in [-0.3, -0.25) is 9.59 Å². The van der Waals surface area contributed by atoms with Crippen LogP contribution in [-0.2, 0) is 11.2 Å². The minimum absolute atomic E-state index is 0.0524. The van der Waals surface area contributed by atoms with Gasteiger partial charge < -0.3 is 24.5 Å². The number of hydrogen-bond acceptors (Lipinski definition) is 5. The van der Waals surface area contributed by atoms with Gasteiger partial charge in [-0.15, -0.1) is 0 Å². The summed E-state index contributed by atoms with van der Waals surface area (Å²) in [7, 11) is 0. The first-order valence-electron chi connectivity index (χ1n) is 14.3. The number of amides is 1. The highest BCUT2D eigenvalue weighted by Crippen LogP contribution is 2.38. The number of fused-ring (bicyclic) bond motifs is 1. The van der Waals surface area contributed by atoms with Crippen LogP contribution in [0.5, 0.6) is 5.75 Å². The van der Waals surface area contributed by atoms with Gasteiger partial charge in [-0.05, 0) is 84.7 Å². The number of aromatic nitrogens is 1. The van der Waals surface area contributed by atoms with Gasteiger partial charge in [0.15, 0.2) is 0 Å². The number of pyridine rings is 1. The molecule has 212 valence electrons. The van der Waals surface area contributed by atoms with Crippen LogP contribution in [0.3, 0.4) is 0 Å². The van der Waals surface area contributed by atoms with Gasteiger partial charge in [0.2, 0.25) is 0 Å². The number of rotatable bonds is 13. The number of hydrogen-bond donors (Lipinski definition) is 2. The van der Waals surface area contributed by atoms with Gasteiger partial charge in [-0.2, -0.15) is 0 Å². The highest BCUT2D eigenvalue weighted by molar-refractivity contribution is 6.04. The van der Waals surface area contributed by atoms with Crippen LogP contribution in [0.2, 0.25) is 0 Å². The molecule has 0 aliphatic heterocycles. The minimum Gasteiger partial charge on any atom is -0.493 e. The van der Waals surface area contributed by atoms with Crippen LogP contribution >= 0.6 is 0 Å². The van der Waals surface area contributed by atoms with E-state index in [1.165, 1.54) is 0 Å². The summed E-state index contributed by atoms with van der Waals surface area (Å²) in [4.78, 5) is 26.6. The molecule has 0 bridgehead atoms. The lowest BCUT2D eigenvalue weighted by Gasteiger charge is -2.17. The fourth-order valence-corrected chi connectivity index (χ4v) is 5.36. The first-order chi connectivity index (χ1) is 20.2. The van der Waals surface area contributed by atoms with E-state index in [-0.39, 0.29) is 23.8 Å². The maximum absolute atomic E-state index is 13.5. The molecule has 0 radical (unpaired) electrons. The van der Waals surface area contributed by atoms with E-state index in [1.807, 2.05) is 72.8 Å². The molecule has 0 spiro atoms. The Morgan fingerprint density at radius 2 is 1.63 bits per heavy atom. The van der Waals surface area contributed by atoms with Crippen molar-refractivity contribution >= 4 is 11.6 Å². The summed E-state index contributed by atoms with van der Waals surface area (Å²) in [6.45, 7) is 1.70. The molecular weight excluding hydrogens is 516 g/mol. The Balaban J connectivity index is 1.23. The average Bonchev–Trinajstić information content (AvgIpc) is 3.44. The molecule has 3 aromatic carbocycles. The third-order valence-electron chi connectivity index (χ3n) is 7.43. The Morgan fingerprint density at radius 1 is 0.854 bits per heavy atom. The van der Waals surface area contributed by atoms with Gasteiger partial charge in [0.1, 0.15) is 11.3 Å². The standard InChI is InChI=1S/C34H36N2O5/c37-21-24-40-22-5-2-6-23-41-32-13-7-11-28-29(32)18-19-31(28)36-20-8-12-30(34(36)39)33(38)35-27-16-14-26(15-17-27)25-9-3-1-4-10-25/h1,3-4,7-17,20,31,37H,2,5-6,18-19,21-24H2,(H,35,38). The number of carbonyl (C=O) groups excluding carboxylic acids is 1. The zero-order valence-electron chi connectivity index (χ0n) is 23.1. The predicted octanol–water partition coefficient (Wildman–Crippen LogP) is 5.86. The van der Waals surface area contributed by atoms with Crippen molar-refractivity contribution in [1.82, 2.24) is 4.57 Å². The zero-order valence-corrected chi connectivity index (χ0v) is 23.1. The van der Waals surface area contributed by atoms with Gasteiger partial charge in [0.05, 0.1) is 25.9 Å². The molecule has 7 nitrogen and oxygen atoms in total. The molecule has 1 unspecified atom stereocenters. The van der Waals surface area contributed by atoms with E-state index in [2.05, 4.69) is 5.32 Å². The van der Waals surface area contributed by atoms with Gasteiger partial charge in [0.25, 0.3) is 11.5 Å². The second-order valence-corrected chi connectivity index (χ2v) is 10.2. The first kappa shape index (κ1) is 28.3. The largest absolute Gasteiger partial charge is 0.493 e. The van der Waals surface area contributed by atoms with E-state index in [0.29, 0.717) is 25.5 Å². The zero-order chi connectivity index (χ0) is 28.4. The number of benzene rings is 3. The van der Waals surface area contributed by atoms with Crippen molar-refractivity contribution in [2.75, 3.05) is 31.7 Å². The number of aliphatic hydroxyl groups excluding tert-OH is 1. The lowest BCUT2D eigenvalue weighted by molar-refractivity contribution is 0.0890. The molecule has 7 heteroatoms. The molecule has 1 aliphatic carbocycles. The molecule has 1 heterocycles. The van der Waals surface area contributed by atoms with Crippen LogP contribution in [0, 0.1) is 0 Å². The number of nitrogens with one attached hydrogen (secondary N) is 1. The third-order valence-corrected chi connectivity index (χ3v) is 7.43. The maximum atomic E-state index is 13.5. The second-order valence-electron chi connectivity index (χ2n) is 10.2. The van der Waals surface area contributed by atoms with Crippen molar-refractivity contribution in [3.8, 4) is 16.9 Å². The Bertz CT molecular complexity index is 1500. The van der Waals surface area contributed by atoms with Crippen molar-refractivity contribution < 1.29 is 19.4 Å². The molecule has 1 atom stereocenters. The van der Waals surface area contributed by atoms with E-state index in [1.54, 1.807) is 22.9 Å². The molecule has 0 saturated heterocycles. The quantitative estimate of drug-likeness (QED) is 0.203. The molecule has 0 fully saturated rings. The van der Waals surface area contributed by atoms with Crippen LogP contribution in [0.4, 0.5) is 5.69 Å². The highest BCUT2D eigenvalue weighted by Gasteiger charge is 2.28. The number of unbranched alkanes of at least 4 members (excludes halogenated alkanes) is 2. The van der Waals surface area contributed by atoms with Crippen LogP contribution in [0.25, 0.3) is 11.1 Å². The molecule has 5 rings (SSSR count). The van der Waals surface area contributed by atoms with E-state index < -0.39 is 5.91 Å². The summed E-state index contributed by atoms with van der Waals surface area (Å²) in [6.07, 6.45) is 6.18. The summed E-state index contributed by atoms with van der Waals surface area (Å²) in [5.74, 6) is 0.441. The normalized spacial score (nSPS) is 14.0. The van der Waals surface area contributed by atoms with E-state index in [4.69, 9.17) is 14.6 Å². The summed E-state index contributed by atoms with van der Waals surface area (Å²) in [5.41, 5.74) is 4.79. The third kappa shape index (κ3) is 6.93. The molecule has 1 aromatic heterocycles. The lowest BCUT2D eigenvalue weighted by atomic mass is 10.1. The Morgan fingerprint density at radius 3 is 2.44 bits per heavy atom. The highest BCUT2D eigenvalue weighted by atomic mass is 16.5. The van der Waals surface area contributed by atoms with E-state index in [9.17, 15) is 9.59 Å². The van der Waals surface area contributed by atoms with Crippen molar-refractivity contribution in [1.29, 1.82) is 0 Å². The first-order valence-corrected chi connectivity index (χ1v) is 14.3. The summed E-state index contributed by atoms with van der Waals surface area (Å²) < 4.78 is 13.1. The Labute approximate surface area is 240 Å². The van der Waals surface area contributed by atoms with Crippen molar-refractivity contribution in [3.05, 3.63) is 118 Å². The molecule has 4 aromatic rings. The maximum Gasteiger partial charge on any atom is 0.263 e. The lowest BCUT2D eigenvalue weighted by Crippen LogP contribution is -2.31. The van der Waals surface area contributed by atoms with Crippen LogP contribution in [-0.4, -0.2) is 42.0 Å². The summed E-state index contributed by atoms with van der Waals surface area (Å²) in [5, 5.41) is 11.6. The van der Waals surface area contributed by atoms with Crippen LogP contribution in [0.1, 0.15) is 53.2 Å². The van der Waals surface area contributed by atoms with Crippen molar-refractivity contribution in [3.63, 3.8) is 0 Å². The number of nitrogens with zero attached hydrogens (tertiary/aromatic N) is 1. The monoisotopic (exact) mass is 552 g/mol. The summed E-state index contributed by atoms with van der Waals surface area (Å²) >= 11 is 0.